The molecule has 0 saturated carbocycles. The zero-order valence-electron chi connectivity index (χ0n) is 24.2. The molecule has 0 spiro atoms. The lowest BCUT2D eigenvalue weighted by Gasteiger charge is -2.34. The van der Waals surface area contributed by atoms with Crippen LogP contribution in [-0.4, -0.2) is 72.1 Å². The van der Waals surface area contributed by atoms with Crippen LogP contribution in [-0.2, 0) is 4.79 Å². The Morgan fingerprint density at radius 3 is 2.50 bits per heavy atom. The number of halogens is 1. The number of benzene rings is 2. The van der Waals surface area contributed by atoms with Crippen LogP contribution in [0.15, 0.2) is 40.9 Å². The van der Waals surface area contributed by atoms with E-state index in [1.165, 1.54) is 24.8 Å². The molecular weight excluding hydrogens is 570 g/mol. The van der Waals surface area contributed by atoms with Gasteiger partial charge < -0.3 is 19.7 Å². The molecule has 0 unspecified atom stereocenters. The number of piperazine rings is 1. The van der Waals surface area contributed by atoms with Gasteiger partial charge in [-0.3, -0.25) is 9.69 Å². The number of amides is 1. The van der Waals surface area contributed by atoms with Crippen LogP contribution in [0.2, 0.25) is 0 Å². The minimum absolute atomic E-state index is 0.0638. The first-order chi connectivity index (χ1) is 19.3. The van der Waals surface area contributed by atoms with Gasteiger partial charge in [-0.05, 0) is 57.0 Å². The van der Waals surface area contributed by atoms with Crippen molar-refractivity contribution in [3.63, 3.8) is 0 Å². The van der Waals surface area contributed by atoms with Gasteiger partial charge >= 0.3 is 0 Å². The van der Waals surface area contributed by atoms with Crippen molar-refractivity contribution < 1.29 is 14.3 Å². The molecule has 0 aliphatic carbocycles. The summed E-state index contributed by atoms with van der Waals surface area (Å²) in [5, 5.41) is 4.46. The highest BCUT2D eigenvalue weighted by atomic mass is 79.9. The van der Waals surface area contributed by atoms with E-state index in [0.717, 1.165) is 66.8 Å². The molecule has 1 saturated heterocycles. The predicted molar refractivity (Wildman–Crippen MR) is 164 cm³/mol. The average Bonchev–Trinajstić information content (AvgIpc) is 2.94. The van der Waals surface area contributed by atoms with Crippen molar-refractivity contribution in [2.45, 2.75) is 58.9 Å². The van der Waals surface area contributed by atoms with Crippen molar-refractivity contribution in [3.8, 4) is 11.5 Å². The van der Waals surface area contributed by atoms with E-state index in [2.05, 4.69) is 50.2 Å². The molecule has 1 amide bonds. The molecule has 2 aromatic carbocycles. The molecular formula is C31H42BrN5O3. The summed E-state index contributed by atoms with van der Waals surface area (Å²) in [5.74, 6) is 3.07. The number of rotatable bonds is 13. The van der Waals surface area contributed by atoms with Crippen molar-refractivity contribution in [2.75, 3.05) is 51.8 Å². The summed E-state index contributed by atoms with van der Waals surface area (Å²) in [6.07, 6.45) is 5.75. The summed E-state index contributed by atoms with van der Waals surface area (Å²) in [6.45, 7) is 11.2. The number of hydrogen-bond donors (Lipinski definition) is 1. The summed E-state index contributed by atoms with van der Waals surface area (Å²) in [7, 11) is 1.67. The maximum absolute atomic E-state index is 11.5. The number of unbranched alkanes of at least 4 members (excludes halogenated alkanes) is 4. The molecule has 1 aliphatic heterocycles. The van der Waals surface area contributed by atoms with E-state index in [1.54, 1.807) is 14.0 Å². The molecule has 1 atom stereocenters. The highest BCUT2D eigenvalue weighted by Gasteiger charge is 2.18. The topological polar surface area (TPSA) is 79.8 Å². The van der Waals surface area contributed by atoms with Gasteiger partial charge in [0, 0.05) is 49.0 Å². The average molecular weight is 613 g/mol. The second kappa shape index (κ2) is 14.6. The van der Waals surface area contributed by atoms with Crippen LogP contribution >= 0.6 is 15.9 Å². The summed E-state index contributed by atoms with van der Waals surface area (Å²) in [4.78, 5) is 25.3. The molecule has 4 rings (SSSR count). The van der Waals surface area contributed by atoms with Gasteiger partial charge in [0.1, 0.15) is 11.6 Å². The quantitative estimate of drug-likeness (QED) is 0.225. The Labute approximate surface area is 246 Å². The van der Waals surface area contributed by atoms with Gasteiger partial charge in [0.2, 0.25) is 5.91 Å². The van der Waals surface area contributed by atoms with Crippen molar-refractivity contribution in [3.05, 3.63) is 52.3 Å². The Morgan fingerprint density at radius 2 is 1.77 bits per heavy atom. The number of hydrogen-bond acceptors (Lipinski definition) is 7. The largest absolute Gasteiger partial charge is 0.493 e. The standard InChI is InChI=1S/C31H42BrN5O3/c1-22(25-11-10-12-26(32)19-25)33-31-27-20-29(39-4)30(21-28(27)34-23(2)35-31)40-18-9-7-5-6-8-13-36-14-16-37(17-15-36)24(3)38/h10-12,19-22H,5-9,13-18H2,1-4H3,(H,33,34,35)/t22-/m1/s1. The van der Waals surface area contributed by atoms with E-state index >= 15 is 0 Å². The number of methoxy groups -OCH3 is 1. The fourth-order valence-electron chi connectivity index (χ4n) is 5.14. The summed E-state index contributed by atoms with van der Waals surface area (Å²) < 4.78 is 12.9. The molecule has 2 heterocycles. The lowest BCUT2D eigenvalue weighted by Crippen LogP contribution is -2.48. The number of carbonyl (C=O) groups excluding carboxylic acids is 1. The van der Waals surface area contributed by atoms with Crippen molar-refractivity contribution in [1.29, 1.82) is 0 Å². The third-order valence-corrected chi connectivity index (χ3v) is 7.98. The van der Waals surface area contributed by atoms with Crippen molar-refractivity contribution in [1.82, 2.24) is 19.8 Å². The first-order valence-corrected chi connectivity index (χ1v) is 15.1. The Bertz CT molecular complexity index is 1280. The normalized spacial score (nSPS) is 14.8. The molecule has 1 N–H and O–H groups in total. The number of nitrogens with one attached hydrogen (secondary N) is 1. The summed E-state index contributed by atoms with van der Waals surface area (Å²) in [5.41, 5.74) is 1.99. The van der Waals surface area contributed by atoms with Gasteiger partial charge in [-0.25, -0.2) is 9.97 Å². The number of aryl methyl sites for hydroxylation is 1. The zero-order valence-corrected chi connectivity index (χ0v) is 25.8. The van der Waals surface area contributed by atoms with Crippen LogP contribution in [0.3, 0.4) is 0 Å². The summed E-state index contributed by atoms with van der Waals surface area (Å²) >= 11 is 3.56. The highest BCUT2D eigenvalue weighted by Crippen LogP contribution is 2.35. The molecule has 0 radical (unpaired) electrons. The molecule has 0 bridgehead atoms. The number of ether oxygens (including phenoxy) is 2. The molecule has 1 fully saturated rings. The van der Waals surface area contributed by atoms with Crippen LogP contribution in [0.5, 0.6) is 11.5 Å². The minimum Gasteiger partial charge on any atom is -0.493 e. The smallest absolute Gasteiger partial charge is 0.219 e. The predicted octanol–water partition coefficient (Wildman–Crippen LogP) is 6.38. The number of aromatic nitrogens is 2. The van der Waals surface area contributed by atoms with Crippen LogP contribution in [0.1, 0.15) is 63.4 Å². The van der Waals surface area contributed by atoms with Gasteiger partial charge in [-0.1, -0.05) is 47.3 Å². The van der Waals surface area contributed by atoms with Gasteiger partial charge in [-0.2, -0.15) is 0 Å². The molecule has 9 heteroatoms. The van der Waals surface area contributed by atoms with Gasteiger partial charge in [0.05, 0.1) is 25.3 Å². The fourth-order valence-corrected chi connectivity index (χ4v) is 5.55. The maximum atomic E-state index is 11.5. The lowest BCUT2D eigenvalue weighted by atomic mass is 10.1. The van der Waals surface area contributed by atoms with Gasteiger partial charge in [0.15, 0.2) is 11.5 Å². The van der Waals surface area contributed by atoms with E-state index in [4.69, 9.17) is 14.5 Å². The Morgan fingerprint density at radius 1 is 1.02 bits per heavy atom. The maximum Gasteiger partial charge on any atom is 0.219 e. The van der Waals surface area contributed by atoms with Gasteiger partial charge in [-0.15, -0.1) is 0 Å². The molecule has 1 aliphatic rings. The fraction of sp³-hybridized carbons (Fsp3) is 0.516. The number of carbonyl (C=O) groups is 1. The lowest BCUT2D eigenvalue weighted by molar-refractivity contribution is -0.130. The minimum atomic E-state index is 0.0638. The second-order valence-electron chi connectivity index (χ2n) is 10.5. The van der Waals surface area contributed by atoms with Crippen molar-refractivity contribution in [2.24, 2.45) is 0 Å². The van der Waals surface area contributed by atoms with E-state index in [9.17, 15) is 4.79 Å². The molecule has 8 nitrogen and oxygen atoms in total. The third-order valence-electron chi connectivity index (χ3n) is 7.49. The third kappa shape index (κ3) is 8.30. The van der Waals surface area contributed by atoms with E-state index in [0.29, 0.717) is 23.9 Å². The van der Waals surface area contributed by atoms with Crippen molar-refractivity contribution >= 4 is 38.6 Å². The van der Waals surface area contributed by atoms with Gasteiger partial charge in [0.25, 0.3) is 0 Å². The molecule has 1 aromatic heterocycles. The molecule has 3 aromatic rings. The first-order valence-electron chi connectivity index (χ1n) is 14.3. The monoisotopic (exact) mass is 611 g/mol. The number of anilines is 1. The number of nitrogens with zero attached hydrogens (tertiary/aromatic N) is 4. The highest BCUT2D eigenvalue weighted by molar-refractivity contribution is 9.10. The summed E-state index contributed by atoms with van der Waals surface area (Å²) in [6, 6.07) is 12.3. The Kier molecular flexibility index (Phi) is 11.0. The SMILES string of the molecule is COc1cc2c(N[C@H](C)c3cccc(Br)c3)nc(C)nc2cc1OCCCCCCCN1CCN(C(C)=O)CC1. The zero-order chi connectivity index (χ0) is 28.5. The Balaban J connectivity index is 1.26. The van der Waals surface area contributed by atoms with Crippen LogP contribution in [0.25, 0.3) is 10.9 Å². The van der Waals surface area contributed by atoms with Crippen LogP contribution < -0.4 is 14.8 Å². The first kappa shape index (κ1) is 30.1. The van der Waals surface area contributed by atoms with E-state index < -0.39 is 0 Å². The second-order valence-corrected chi connectivity index (χ2v) is 11.4. The molecule has 40 heavy (non-hydrogen) atoms. The van der Waals surface area contributed by atoms with Crippen LogP contribution in [0.4, 0.5) is 5.82 Å². The van der Waals surface area contributed by atoms with E-state index in [-0.39, 0.29) is 11.9 Å². The number of fused-ring (bicyclic) bond motifs is 1. The molecule has 216 valence electrons. The Hall–Kier alpha value is -2.91. The van der Waals surface area contributed by atoms with Crippen LogP contribution in [0, 0.1) is 6.92 Å². The van der Waals surface area contributed by atoms with E-state index in [1.807, 2.05) is 36.1 Å².